The molecule has 0 heterocycles. The molecule has 0 spiro atoms. The Labute approximate surface area is 126 Å². The van der Waals surface area contributed by atoms with Crippen molar-refractivity contribution in [2.45, 2.75) is 0 Å². The molecule has 3 aromatic carbocycles. The van der Waals surface area contributed by atoms with Gasteiger partial charge in [-0.15, -0.1) is 39.7 Å². The summed E-state index contributed by atoms with van der Waals surface area (Å²) in [5.74, 6) is 0. The number of fused-ring (bicyclic) bond motifs is 3. The van der Waals surface area contributed by atoms with Gasteiger partial charge in [-0.2, -0.15) is 0 Å². The summed E-state index contributed by atoms with van der Waals surface area (Å²) in [6.45, 7) is 0. The first-order valence-electron chi connectivity index (χ1n) is 4.48. The number of halogens is 2. The Bertz CT molecular complexity index is 522. The molecule has 78 valence electrons. The van der Waals surface area contributed by atoms with E-state index in [-0.39, 0.29) is 50.7 Å². The fourth-order valence-corrected chi connectivity index (χ4v) is 1.90. The van der Waals surface area contributed by atoms with Gasteiger partial charge >= 0.3 is 25.8 Å². The molecule has 3 heteroatoms. The van der Waals surface area contributed by atoms with Crippen LogP contribution in [-0.2, 0) is 25.8 Å². The molecule has 0 aliphatic carbocycles. The second-order valence-electron chi connectivity index (χ2n) is 3.32. The summed E-state index contributed by atoms with van der Waals surface area (Å²) in [5, 5.41) is 5.39. The molecule has 0 nitrogen and oxygen atoms in total. The summed E-state index contributed by atoms with van der Waals surface area (Å²) in [4.78, 5) is 0. The van der Waals surface area contributed by atoms with Crippen LogP contribution in [0.1, 0.15) is 0 Å². The van der Waals surface area contributed by atoms with E-state index >= 15 is 0 Å². The molecule has 0 bridgehead atoms. The summed E-state index contributed by atoms with van der Waals surface area (Å²) >= 11 is 0. The maximum atomic E-state index is 2.24. The SMILES string of the molecule is [Cl-].[Cl-].[Hf+4].c1ccc2c(c1)[cH-]c1ccccc12. The van der Waals surface area contributed by atoms with Gasteiger partial charge in [0.2, 0.25) is 0 Å². The van der Waals surface area contributed by atoms with E-state index in [0.717, 1.165) is 0 Å². The van der Waals surface area contributed by atoms with E-state index in [1.807, 2.05) is 0 Å². The molecule has 3 aromatic rings. The molecule has 0 amide bonds. The molecule has 0 atom stereocenters. The second kappa shape index (κ2) is 6.48. The van der Waals surface area contributed by atoms with Gasteiger partial charge in [-0.3, -0.25) is 0 Å². The van der Waals surface area contributed by atoms with Gasteiger partial charge in [0.1, 0.15) is 0 Å². The van der Waals surface area contributed by atoms with Gasteiger partial charge in [0.25, 0.3) is 0 Å². The van der Waals surface area contributed by atoms with Gasteiger partial charge in [0, 0.05) is 0 Å². The third-order valence-corrected chi connectivity index (χ3v) is 2.52. The van der Waals surface area contributed by atoms with Crippen molar-refractivity contribution < 1.29 is 50.7 Å². The van der Waals surface area contributed by atoms with Crippen molar-refractivity contribution in [1.82, 2.24) is 0 Å². The van der Waals surface area contributed by atoms with Crippen LogP contribution in [0.15, 0.2) is 54.6 Å². The van der Waals surface area contributed by atoms with E-state index < -0.39 is 0 Å². The van der Waals surface area contributed by atoms with Gasteiger partial charge < -0.3 is 24.8 Å². The Kier molecular flexibility index (Phi) is 6.39. The monoisotopic (exact) mass is 415 g/mol. The molecule has 0 N–H and O–H groups in total. The van der Waals surface area contributed by atoms with Crippen LogP contribution < -0.4 is 24.8 Å². The van der Waals surface area contributed by atoms with E-state index in [0.29, 0.717) is 0 Å². The van der Waals surface area contributed by atoms with Gasteiger partial charge in [-0.25, -0.2) is 0 Å². The van der Waals surface area contributed by atoms with Gasteiger partial charge in [-0.1, -0.05) is 36.4 Å². The molecular weight excluding hydrogens is 406 g/mol. The smallest absolute Gasteiger partial charge is 1.00 e. The third-order valence-electron chi connectivity index (χ3n) is 2.52. The van der Waals surface area contributed by atoms with Crippen molar-refractivity contribution >= 4 is 21.5 Å². The molecular formula is C13H9Cl2Hf+. The quantitative estimate of drug-likeness (QED) is 0.287. The number of rotatable bonds is 0. The fraction of sp³-hybridized carbons (Fsp3) is 0. The maximum absolute atomic E-state index is 2.24. The average Bonchev–Trinajstić information content (AvgIpc) is 2.56. The fourth-order valence-electron chi connectivity index (χ4n) is 1.90. The first-order chi connectivity index (χ1) is 6.45. The number of hydrogen-bond donors (Lipinski definition) is 0. The van der Waals surface area contributed by atoms with E-state index in [9.17, 15) is 0 Å². The van der Waals surface area contributed by atoms with E-state index in [2.05, 4.69) is 54.6 Å². The Morgan fingerprint density at radius 2 is 1.00 bits per heavy atom. The zero-order valence-electron chi connectivity index (χ0n) is 8.45. The molecule has 0 radical (unpaired) electrons. The third kappa shape index (κ3) is 2.53. The van der Waals surface area contributed by atoms with E-state index in [1.54, 1.807) is 0 Å². The normalized spacial score (nSPS) is 9.00. The zero-order chi connectivity index (χ0) is 8.67. The Morgan fingerprint density at radius 1 is 0.625 bits per heavy atom. The summed E-state index contributed by atoms with van der Waals surface area (Å²) in [6, 6.07) is 19.3. The van der Waals surface area contributed by atoms with Crippen molar-refractivity contribution in [3.63, 3.8) is 0 Å². The first kappa shape index (κ1) is 15.8. The van der Waals surface area contributed by atoms with Gasteiger partial charge in [-0.05, 0) is 0 Å². The van der Waals surface area contributed by atoms with Crippen LogP contribution in [-0.4, -0.2) is 0 Å². The minimum absolute atomic E-state index is 0. The zero-order valence-corrected chi connectivity index (χ0v) is 13.6. The summed E-state index contributed by atoms with van der Waals surface area (Å²) < 4.78 is 0. The van der Waals surface area contributed by atoms with Crippen molar-refractivity contribution in [1.29, 1.82) is 0 Å². The average molecular weight is 415 g/mol. The molecule has 0 saturated heterocycles. The van der Waals surface area contributed by atoms with Crippen molar-refractivity contribution in [3.8, 4) is 0 Å². The minimum atomic E-state index is 0. The van der Waals surface area contributed by atoms with Crippen LogP contribution in [0.5, 0.6) is 0 Å². The van der Waals surface area contributed by atoms with Crippen molar-refractivity contribution in [2.24, 2.45) is 0 Å². The van der Waals surface area contributed by atoms with Crippen LogP contribution in [0, 0.1) is 0 Å². The van der Waals surface area contributed by atoms with Crippen molar-refractivity contribution in [3.05, 3.63) is 54.6 Å². The molecule has 0 fully saturated rings. The van der Waals surface area contributed by atoms with E-state index in [1.165, 1.54) is 21.5 Å². The molecule has 16 heavy (non-hydrogen) atoms. The van der Waals surface area contributed by atoms with Crippen molar-refractivity contribution in [2.75, 3.05) is 0 Å². The molecule has 0 saturated carbocycles. The van der Waals surface area contributed by atoms with Crippen LogP contribution in [0.25, 0.3) is 21.5 Å². The molecule has 0 aliphatic heterocycles. The van der Waals surface area contributed by atoms with E-state index in [4.69, 9.17) is 0 Å². The predicted octanol–water partition coefficient (Wildman–Crippen LogP) is -2.28. The minimum Gasteiger partial charge on any atom is -1.00 e. The topological polar surface area (TPSA) is 0 Å². The number of hydrogen-bond acceptors (Lipinski definition) is 0. The maximum Gasteiger partial charge on any atom is 4.00 e. The largest absolute Gasteiger partial charge is 4.00 e. The first-order valence-corrected chi connectivity index (χ1v) is 4.48. The predicted molar refractivity (Wildman–Crippen MR) is 57.0 cm³/mol. The Morgan fingerprint density at radius 3 is 1.44 bits per heavy atom. The molecule has 0 aliphatic rings. The molecule has 0 unspecified atom stereocenters. The van der Waals surface area contributed by atoms with Crippen LogP contribution in [0.3, 0.4) is 0 Å². The van der Waals surface area contributed by atoms with Gasteiger partial charge in [0.15, 0.2) is 0 Å². The molecule has 3 rings (SSSR count). The second-order valence-corrected chi connectivity index (χ2v) is 3.32. The van der Waals surface area contributed by atoms with Crippen LogP contribution in [0.4, 0.5) is 0 Å². The summed E-state index contributed by atoms with van der Waals surface area (Å²) in [6.07, 6.45) is 0. The van der Waals surface area contributed by atoms with Crippen LogP contribution in [0.2, 0.25) is 0 Å². The summed E-state index contributed by atoms with van der Waals surface area (Å²) in [7, 11) is 0. The Hall–Kier alpha value is -0.240. The Balaban J connectivity index is 0.000000750. The number of benzene rings is 2. The molecule has 0 aromatic heterocycles. The standard InChI is InChI=1S/C13H9.2ClH.Hf/c1-3-7-12-10(5-1)9-11-6-2-4-8-13(11)12;;;/h1-9H;2*1H;/q-1;;;+4/p-2. The summed E-state index contributed by atoms with van der Waals surface area (Å²) in [5.41, 5.74) is 0. The van der Waals surface area contributed by atoms with Crippen LogP contribution >= 0.6 is 0 Å². The van der Waals surface area contributed by atoms with Gasteiger partial charge in [0.05, 0.1) is 0 Å².